The summed E-state index contributed by atoms with van der Waals surface area (Å²) in [6.45, 7) is 3.14. The van der Waals surface area contributed by atoms with Crippen molar-refractivity contribution in [2.45, 2.75) is 32.6 Å². The first-order valence-corrected chi connectivity index (χ1v) is 6.02. The largest absolute Gasteiger partial charge is 0.396 e. The van der Waals surface area contributed by atoms with Gasteiger partial charge in [0.05, 0.1) is 0 Å². The van der Waals surface area contributed by atoms with Crippen molar-refractivity contribution in [2.24, 2.45) is 0 Å². The van der Waals surface area contributed by atoms with Crippen molar-refractivity contribution in [3.05, 3.63) is 17.0 Å². The van der Waals surface area contributed by atoms with Crippen LogP contribution >= 0.6 is 11.6 Å². The first kappa shape index (κ1) is 13.2. The van der Waals surface area contributed by atoms with E-state index in [-0.39, 0.29) is 11.9 Å². The molecule has 0 unspecified atom stereocenters. The van der Waals surface area contributed by atoms with Crippen LogP contribution in [0.25, 0.3) is 0 Å². The van der Waals surface area contributed by atoms with Gasteiger partial charge in [-0.15, -0.1) is 0 Å². The van der Waals surface area contributed by atoms with Crippen molar-refractivity contribution in [1.29, 1.82) is 0 Å². The molecule has 1 aromatic heterocycles. The molecule has 5 heteroatoms. The van der Waals surface area contributed by atoms with E-state index in [1.54, 1.807) is 0 Å². The zero-order valence-electron chi connectivity index (χ0n) is 9.54. The fraction of sp³-hybridized carbons (Fsp3) is 0.636. The van der Waals surface area contributed by atoms with E-state index in [2.05, 4.69) is 15.3 Å². The Bertz CT molecular complexity index is 320. The lowest BCUT2D eigenvalue weighted by atomic mass is 10.2. The molecule has 0 aliphatic rings. The fourth-order valence-electron chi connectivity index (χ4n) is 1.37. The Balaban J connectivity index is 2.38. The van der Waals surface area contributed by atoms with Gasteiger partial charge in [0.15, 0.2) is 0 Å². The number of aryl methyl sites for hydroxylation is 1. The van der Waals surface area contributed by atoms with E-state index < -0.39 is 0 Å². The summed E-state index contributed by atoms with van der Waals surface area (Å²) in [5, 5.41) is 12.1. The van der Waals surface area contributed by atoms with Crippen LogP contribution in [0.4, 0.5) is 5.82 Å². The van der Waals surface area contributed by atoms with Crippen LogP contribution in [-0.4, -0.2) is 28.2 Å². The predicted octanol–water partition coefficient (Wildman–Crippen LogP) is 2.27. The Morgan fingerprint density at radius 1 is 1.31 bits per heavy atom. The maximum Gasteiger partial charge on any atom is 0.224 e. The molecule has 4 nitrogen and oxygen atoms in total. The molecular weight excluding hydrogens is 226 g/mol. The number of anilines is 1. The van der Waals surface area contributed by atoms with Crippen LogP contribution in [0.15, 0.2) is 6.07 Å². The average molecular weight is 244 g/mol. The smallest absolute Gasteiger partial charge is 0.224 e. The minimum Gasteiger partial charge on any atom is -0.396 e. The molecule has 0 spiro atoms. The molecule has 1 aromatic rings. The van der Waals surface area contributed by atoms with Crippen LogP contribution in [0, 0.1) is 0 Å². The normalized spacial score (nSPS) is 10.4. The highest BCUT2D eigenvalue weighted by Gasteiger charge is 2.00. The Hall–Kier alpha value is -0.870. The van der Waals surface area contributed by atoms with E-state index in [9.17, 15) is 0 Å². The number of rotatable bonds is 7. The van der Waals surface area contributed by atoms with E-state index in [1.807, 2.05) is 13.0 Å². The molecule has 0 aliphatic heterocycles. The number of aromatic nitrogens is 2. The zero-order chi connectivity index (χ0) is 11.8. The van der Waals surface area contributed by atoms with Gasteiger partial charge in [0.1, 0.15) is 5.82 Å². The monoisotopic (exact) mass is 243 g/mol. The number of hydrogen-bond acceptors (Lipinski definition) is 4. The lowest BCUT2D eigenvalue weighted by Gasteiger charge is -2.06. The highest BCUT2D eigenvalue weighted by Crippen LogP contribution is 2.11. The van der Waals surface area contributed by atoms with Crippen LogP contribution in [0.1, 0.15) is 31.9 Å². The molecule has 0 saturated heterocycles. The molecule has 1 rings (SSSR count). The third-order valence-corrected chi connectivity index (χ3v) is 2.42. The van der Waals surface area contributed by atoms with Crippen molar-refractivity contribution >= 4 is 17.4 Å². The molecule has 1 heterocycles. The van der Waals surface area contributed by atoms with Gasteiger partial charge in [-0.25, -0.2) is 9.97 Å². The summed E-state index contributed by atoms with van der Waals surface area (Å²) in [5.41, 5.74) is 0.942. The van der Waals surface area contributed by atoms with Gasteiger partial charge in [-0.2, -0.15) is 0 Å². The number of unbranched alkanes of at least 4 members (excludes halogenated alkanes) is 2. The number of hydrogen-bond donors (Lipinski definition) is 2. The maximum atomic E-state index is 8.63. The minimum absolute atomic E-state index is 0.263. The van der Waals surface area contributed by atoms with Crippen molar-refractivity contribution in [2.75, 3.05) is 18.5 Å². The van der Waals surface area contributed by atoms with Crippen LogP contribution in [0.5, 0.6) is 0 Å². The highest BCUT2D eigenvalue weighted by molar-refractivity contribution is 6.28. The van der Waals surface area contributed by atoms with E-state index >= 15 is 0 Å². The zero-order valence-corrected chi connectivity index (χ0v) is 10.3. The quantitative estimate of drug-likeness (QED) is 0.570. The van der Waals surface area contributed by atoms with Crippen LogP contribution in [0.3, 0.4) is 0 Å². The molecule has 2 N–H and O–H groups in total. The van der Waals surface area contributed by atoms with E-state index in [0.29, 0.717) is 0 Å². The van der Waals surface area contributed by atoms with Crippen LogP contribution < -0.4 is 5.32 Å². The van der Waals surface area contributed by atoms with Crippen molar-refractivity contribution in [1.82, 2.24) is 9.97 Å². The van der Waals surface area contributed by atoms with Gasteiger partial charge < -0.3 is 10.4 Å². The number of halogens is 1. The second kappa shape index (κ2) is 7.41. The Morgan fingerprint density at radius 2 is 2.12 bits per heavy atom. The number of nitrogens with zero attached hydrogens (tertiary/aromatic N) is 2. The molecule has 0 atom stereocenters. The summed E-state index contributed by atoms with van der Waals surface area (Å²) in [6.07, 6.45) is 3.74. The van der Waals surface area contributed by atoms with Crippen molar-refractivity contribution in [3.8, 4) is 0 Å². The molecule has 90 valence electrons. The van der Waals surface area contributed by atoms with Crippen LogP contribution in [-0.2, 0) is 6.42 Å². The Labute approximate surface area is 101 Å². The van der Waals surface area contributed by atoms with Gasteiger partial charge in [-0.3, -0.25) is 0 Å². The molecule has 16 heavy (non-hydrogen) atoms. The summed E-state index contributed by atoms with van der Waals surface area (Å²) >= 11 is 5.80. The van der Waals surface area contributed by atoms with Gasteiger partial charge in [0.25, 0.3) is 0 Å². The standard InChI is InChI=1S/C11H18ClN3O/c1-2-9-8-10(15-11(12)14-9)13-6-4-3-5-7-16/h8,16H,2-7H2,1H3,(H,13,14,15). The van der Waals surface area contributed by atoms with Crippen LogP contribution in [0.2, 0.25) is 5.28 Å². The highest BCUT2D eigenvalue weighted by atomic mass is 35.5. The van der Waals surface area contributed by atoms with Gasteiger partial charge in [-0.05, 0) is 37.3 Å². The molecule has 0 amide bonds. The molecule has 0 aliphatic carbocycles. The molecule has 0 bridgehead atoms. The minimum atomic E-state index is 0.263. The van der Waals surface area contributed by atoms with Gasteiger partial charge in [-0.1, -0.05) is 6.92 Å². The second-order valence-corrected chi connectivity index (χ2v) is 3.92. The predicted molar refractivity (Wildman–Crippen MR) is 65.8 cm³/mol. The first-order chi connectivity index (χ1) is 7.76. The molecular formula is C11H18ClN3O. The van der Waals surface area contributed by atoms with Gasteiger partial charge in [0.2, 0.25) is 5.28 Å². The number of aliphatic hydroxyl groups is 1. The van der Waals surface area contributed by atoms with Crippen molar-refractivity contribution < 1.29 is 5.11 Å². The number of nitrogens with one attached hydrogen (secondary N) is 1. The average Bonchev–Trinajstić information content (AvgIpc) is 2.28. The summed E-state index contributed by atoms with van der Waals surface area (Å²) in [4.78, 5) is 8.18. The van der Waals surface area contributed by atoms with E-state index in [4.69, 9.17) is 16.7 Å². The molecule has 0 radical (unpaired) electrons. The molecule has 0 saturated carbocycles. The van der Waals surface area contributed by atoms with Crippen molar-refractivity contribution in [3.63, 3.8) is 0 Å². The molecule has 0 fully saturated rings. The third-order valence-electron chi connectivity index (χ3n) is 2.26. The van der Waals surface area contributed by atoms with Gasteiger partial charge >= 0.3 is 0 Å². The second-order valence-electron chi connectivity index (χ2n) is 3.58. The maximum absolute atomic E-state index is 8.63. The lowest BCUT2D eigenvalue weighted by Crippen LogP contribution is -2.05. The van der Waals surface area contributed by atoms with E-state index in [1.165, 1.54) is 0 Å². The fourth-order valence-corrected chi connectivity index (χ4v) is 1.57. The van der Waals surface area contributed by atoms with Gasteiger partial charge in [0, 0.05) is 24.9 Å². The third kappa shape index (κ3) is 4.77. The Morgan fingerprint density at radius 3 is 2.81 bits per heavy atom. The molecule has 0 aromatic carbocycles. The summed E-state index contributed by atoms with van der Waals surface area (Å²) in [5.74, 6) is 0.779. The topological polar surface area (TPSA) is 58.0 Å². The summed E-state index contributed by atoms with van der Waals surface area (Å²) < 4.78 is 0. The summed E-state index contributed by atoms with van der Waals surface area (Å²) in [7, 11) is 0. The SMILES string of the molecule is CCc1cc(NCCCCCO)nc(Cl)n1. The lowest BCUT2D eigenvalue weighted by molar-refractivity contribution is 0.283. The van der Waals surface area contributed by atoms with E-state index in [0.717, 1.165) is 43.7 Å². The number of aliphatic hydroxyl groups excluding tert-OH is 1. The Kier molecular flexibility index (Phi) is 6.11. The summed E-state index contributed by atoms with van der Waals surface area (Å²) in [6, 6.07) is 1.91. The first-order valence-electron chi connectivity index (χ1n) is 5.64.